The van der Waals surface area contributed by atoms with E-state index < -0.39 is 6.10 Å². The number of aliphatic hydroxyl groups excluding tert-OH is 1. The molecule has 0 aromatic heterocycles. The highest BCUT2D eigenvalue weighted by Gasteiger charge is 2.20. The Bertz CT molecular complexity index is 441. The van der Waals surface area contributed by atoms with E-state index in [1.165, 1.54) is 31.2 Å². The molecule has 0 radical (unpaired) electrons. The SMILES string of the molecule is CC(C)C(C)NCC(O)COc1ccccc1C1CCCC1. The molecule has 1 aromatic rings. The average molecular weight is 305 g/mol. The maximum absolute atomic E-state index is 10.1. The van der Waals surface area contributed by atoms with E-state index in [-0.39, 0.29) is 0 Å². The van der Waals surface area contributed by atoms with Gasteiger partial charge in [0.05, 0.1) is 0 Å². The van der Waals surface area contributed by atoms with Crippen molar-refractivity contribution in [2.45, 2.75) is 64.5 Å². The highest BCUT2D eigenvalue weighted by Crippen LogP contribution is 2.38. The topological polar surface area (TPSA) is 41.5 Å². The van der Waals surface area contributed by atoms with Crippen LogP contribution in [0.5, 0.6) is 5.75 Å². The number of nitrogens with one attached hydrogen (secondary N) is 1. The van der Waals surface area contributed by atoms with Gasteiger partial charge in [0, 0.05) is 12.6 Å². The third-order valence-corrected chi connectivity index (χ3v) is 4.82. The minimum atomic E-state index is -0.474. The fraction of sp³-hybridized carbons (Fsp3) is 0.684. The first kappa shape index (κ1) is 17.3. The lowest BCUT2D eigenvalue weighted by Crippen LogP contribution is -2.39. The molecule has 0 bridgehead atoms. The van der Waals surface area contributed by atoms with Gasteiger partial charge in [-0.05, 0) is 43.2 Å². The summed E-state index contributed by atoms with van der Waals surface area (Å²) in [5.74, 6) is 2.15. The monoisotopic (exact) mass is 305 g/mol. The summed E-state index contributed by atoms with van der Waals surface area (Å²) in [6, 6.07) is 8.71. The molecule has 0 amide bonds. The maximum Gasteiger partial charge on any atom is 0.122 e. The Balaban J connectivity index is 1.83. The molecule has 124 valence electrons. The van der Waals surface area contributed by atoms with Crippen LogP contribution < -0.4 is 10.1 Å². The van der Waals surface area contributed by atoms with Crippen molar-refractivity contribution in [1.82, 2.24) is 5.32 Å². The Labute approximate surface area is 135 Å². The summed E-state index contributed by atoms with van der Waals surface area (Å²) in [5, 5.41) is 13.5. The summed E-state index contributed by atoms with van der Waals surface area (Å²) in [6.45, 7) is 7.43. The Morgan fingerprint density at radius 2 is 1.86 bits per heavy atom. The van der Waals surface area contributed by atoms with Crippen molar-refractivity contribution in [1.29, 1.82) is 0 Å². The Morgan fingerprint density at radius 3 is 2.55 bits per heavy atom. The van der Waals surface area contributed by atoms with Gasteiger partial charge in [0.2, 0.25) is 0 Å². The van der Waals surface area contributed by atoms with E-state index >= 15 is 0 Å². The van der Waals surface area contributed by atoms with Crippen LogP contribution in [0.2, 0.25) is 0 Å². The molecular formula is C19H31NO2. The van der Waals surface area contributed by atoms with Crippen molar-refractivity contribution >= 4 is 0 Å². The second-order valence-corrected chi connectivity index (χ2v) is 6.92. The largest absolute Gasteiger partial charge is 0.491 e. The molecule has 2 N–H and O–H groups in total. The minimum absolute atomic E-state index is 0.349. The van der Waals surface area contributed by atoms with Crippen LogP contribution in [-0.4, -0.2) is 30.4 Å². The predicted molar refractivity (Wildman–Crippen MR) is 91.5 cm³/mol. The van der Waals surface area contributed by atoms with Crippen LogP contribution in [0.15, 0.2) is 24.3 Å². The first-order valence-corrected chi connectivity index (χ1v) is 8.71. The molecule has 0 spiro atoms. The van der Waals surface area contributed by atoms with E-state index in [0.717, 1.165) is 5.75 Å². The van der Waals surface area contributed by atoms with E-state index in [1.807, 2.05) is 12.1 Å². The van der Waals surface area contributed by atoms with Crippen molar-refractivity contribution in [3.63, 3.8) is 0 Å². The van der Waals surface area contributed by atoms with Crippen LogP contribution in [0.1, 0.15) is 57.9 Å². The van der Waals surface area contributed by atoms with Crippen LogP contribution in [0.4, 0.5) is 0 Å². The van der Waals surface area contributed by atoms with Crippen molar-refractivity contribution in [3.05, 3.63) is 29.8 Å². The van der Waals surface area contributed by atoms with Crippen LogP contribution in [0, 0.1) is 5.92 Å². The van der Waals surface area contributed by atoms with Crippen molar-refractivity contribution in [2.24, 2.45) is 5.92 Å². The molecule has 2 atom stereocenters. The highest BCUT2D eigenvalue weighted by molar-refractivity contribution is 5.36. The molecule has 22 heavy (non-hydrogen) atoms. The molecule has 0 saturated heterocycles. The van der Waals surface area contributed by atoms with Crippen LogP contribution >= 0.6 is 0 Å². The summed E-state index contributed by atoms with van der Waals surface area (Å²) in [4.78, 5) is 0. The van der Waals surface area contributed by atoms with Gasteiger partial charge in [-0.3, -0.25) is 0 Å². The Hall–Kier alpha value is -1.06. The van der Waals surface area contributed by atoms with E-state index in [1.54, 1.807) is 0 Å². The van der Waals surface area contributed by atoms with Gasteiger partial charge in [0.25, 0.3) is 0 Å². The van der Waals surface area contributed by atoms with E-state index in [9.17, 15) is 5.11 Å². The van der Waals surface area contributed by atoms with E-state index in [0.29, 0.717) is 31.0 Å². The van der Waals surface area contributed by atoms with E-state index in [4.69, 9.17) is 4.74 Å². The number of ether oxygens (including phenoxy) is 1. The number of aliphatic hydroxyl groups is 1. The third kappa shape index (κ3) is 4.99. The highest BCUT2D eigenvalue weighted by atomic mass is 16.5. The first-order valence-electron chi connectivity index (χ1n) is 8.71. The molecule has 3 nitrogen and oxygen atoms in total. The molecule has 0 heterocycles. The molecule has 2 unspecified atom stereocenters. The molecule has 2 rings (SSSR count). The van der Waals surface area contributed by atoms with Gasteiger partial charge in [0.15, 0.2) is 0 Å². The normalized spacial score (nSPS) is 18.6. The van der Waals surface area contributed by atoms with Gasteiger partial charge >= 0.3 is 0 Å². The number of benzene rings is 1. The smallest absolute Gasteiger partial charge is 0.122 e. The molecule has 1 aromatic carbocycles. The molecule has 1 aliphatic rings. The zero-order chi connectivity index (χ0) is 15.9. The van der Waals surface area contributed by atoms with Gasteiger partial charge in [0.1, 0.15) is 18.5 Å². The second-order valence-electron chi connectivity index (χ2n) is 6.92. The molecule has 1 saturated carbocycles. The van der Waals surface area contributed by atoms with Crippen LogP contribution in [0.25, 0.3) is 0 Å². The lowest BCUT2D eigenvalue weighted by molar-refractivity contribution is 0.102. The fourth-order valence-corrected chi connectivity index (χ4v) is 2.99. The average Bonchev–Trinajstić information content (AvgIpc) is 3.04. The van der Waals surface area contributed by atoms with Crippen molar-refractivity contribution in [3.8, 4) is 5.75 Å². The summed E-state index contributed by atoms with van der Waals surface area (Å²) in [7, 11) is 0. The standard InChI is InChI=1S/C19H31NO2/c1-14(2)15(3)20-12-17(21)13-22-19-11-7-6-10-18(19)16-8-4-5-9-16/h6-7,10-11,14-17,20-21H,4-5,8-9,12-13H2,1-3H3. The summed E-state index contributed by atoms with van der Waals surface area (Å²) >= 11 is 0. The zero-order valence-corrected chi connectivity index (χ0v) is 14.2. The van der Waals surface area contributed by atoms with Gasteiger partial charge < -0.3 is 15.2 Å². The minimum Gasteiger partial charge on any atom is -0.491 e. The predicted octanol–water partition coefficient (Wildman–Crippen LogP) is 3.72. The third-order valence-electron chi connectivity index (χ3n) is 4.82. The van der Waals surface area contributed by atoms with Gasteiger partial charge in [-0.25, -0.2) is 0 Å². The fourth-order valence-electron chi connectivity index (χ4n) is 2.99. The van der Waals surface area contributed by atoms with E-state index in [2.05, 4.69) is 38.2 Å². The summed E-state index contributed by atoms with van der Waals surface area (Å²) < 4.78 is 5.91. The Morgan fingerprint density at radius 1 is 1.18 bits per heavy atom. The number of para-hydroxylation sites is 1. The quantitative estimate of drug-likeness (QED) is 0.769. The number of hydrogen-bond donors (Lipinski definition) is 2. The van der Waals surface area contributed by atoms with Crippen LogP contribution in [-0.2, 0) is 0 Å². The zero-order valence-electron chi connectivity index (χ0n) is 14.2. The van der Waals surface area contributed by atoms with Crippen molar-refractivity contribution < 1.29 is 9.84 Å². The lowest BCUT2D eigenvalue weighted by Gasteiger charge is -2.21. The van der Waals surface area contributed by atoms with Gasteiger partial charge in [-0.1, -0.05) is 44.9 Å². The van der Waals surface area contributed by atoms with Gasteiger partial charge in [-0.2, -0.15) is 0 Å². The van der Waals surface area contributed by atoms with Gasteiger partial charge in [-0.15, -0.1) is 0 Å². The van der Waals surface area contributed by atoms with Crippen LogP contribution in [0.3, 0.4) is 0 Å². The lowest BCUT2D eigenvalue weighted by atomic mass is 9.97. The maximum atomic E-state index is 10.1. The molecule has 1 fully saturated rings. The summed E-state index contributed by atoms with van der Waals surface area (Å²) in [5.41, 5.74) is 1.32. The number of hydrogen-bond acceptors (Lipinski definition) is 3. The molecule has 1 aliphatic carbocycles. The van der Waals surface area contributed by atoms with Crippen molar-refractivity contribution in [2.75, 3.05) is 13.2 Å². The molecular weight excluding hydrogens is 274 g/mol. The summed E-state index contributed by atoms with van der Waals surface area (Å²) in [6.07, 6.45) is 4.68. The molecule has 3 heteroatoms. The second kappa shape index (κ2) is 8.54. The molecule has 0 aliphatic heterocycles. The first-order chi connectivity index (χ1) is 10.6. The Kier molecular flexibility index (Phi) is 6.71. The number of rotatable bonds is 8.